The Hall–Kier alpha value is -2.27. The maximum Gasteiger partial charge on any atom is 0.221 e. The normalized spacial score (nSPS) is 11.9. The molecule has 3 N–H and O–H groups in total. The van der Waals surface area contributed by atoms with E-state index in [1.807, 2.05) is 12.1 Å². The Kier molecular flexibility index (Phi) is 4.20. The first kappa shape index (κ1) is 13.2. The summed E-state index contributed by atoms with van der Waals surface area (Å²) in [6, 6.07) is 10.7. The Balaban J connectivity index is 1.94. The smallest absolute Gasteiger partial charge is 0.221 e. The number of furan rings is 1. The van der Waals surface area contributed by atoms with Gasteiger partial charge < -0.3 is 20.2 Å². The van der Waals surface area contributed by atoms with Gasteiger partial charge in [0.05, 0.1) is 6.26 Å². The van der Waals surface area contributed by atoms with E-state index in [1.54, 1.807) is 24.3 Å². The van der Waals surface area contributed by atoms with Gasteiger partial charge in [0.15, 0.2) is 0 Å². The molecule has 0 aliphatic rings. The topological polar surface area (TPSA) is 74.5 Å². The third kappa shape index (κ3) is 3.86. The van der Waals surface area contributed by atoms with Crippen LogP contribution < -0.4 is 10.6 Å². The lowest BCUT2D eigenvalue weighted by atomic mass is 10.2. The number of hydrogen-bond donors (Lipinski definition) is 3. The molecule has 0 saturated heterocycles. The first-order valence-corrected chi connectivity index (χ1v) is 5.98. The van der Waals surface area contributed by atoms with Gasteiger partial charge in [-0.25, -0.2) is 0 Å². The van der Waals surface area contributed by atoms with Gasteiger partial charge in [0, 0.05) is 24.8 Å². The number of rotatable bonds is 5. The van der Waals surface area contributed by atoms with Crippen LogP contribution in [-0.2, 0) is 4.79 Å². The van der Waals surface area contributed by atoms with E-state index in [0.717, 1.165) is 5.69 Å². The summed E-state index contributed by atoms with van der Waals surface area (Å²) in [6.07, 6.45) is 0.815. The molecule has 1 aromatic carbocycles. The zero-order valence-electron chi connectivity index (χ0n) is 10.6. The van der Waals surface area contributed by atoms with Gasteiger partial charge in [0.2, 0.25) is 5.91 Å². The molecular weight excluding hydrogens is 244 g/mol. The van der Waals surface area contributed by atoms with Gasteiger partial charge in [-0.15, -0.1) is 0 Å². The molecule has 0 aliphatic heterocycles. The Bertz CT molecular complexity index is 537. The quantitative estimate of drug-likeness (QED) is 0.771. The molecule has 1 aromatic heterocycles. The summed E-state index contributed by atoms with van der Waals surface area (Å²) in [7, 11) is 0. The fourth-order valence-corrected chi connectivity index (χ4v) is 1.71. The van der Waals surface area contributed by atoms with Crippen LogP contribution in [0.25, 0.3) is 0 Å². The van der Waals surface area contributed by atoms with Gasteiger partial charge in [-0.1, -0.05) is 6.07 Å². The minimum absolute atomic E-state index is 0.118. The lowest BCUT2D eigenvalue weighted by Crippen LogP contribution is -2.12. The first-order valence-electron chi connectivity index (χ1n) is 5.98. The van der Waals surface area contributed by atoms with Crippen LogP contribution in [0, 0.1) is 0 Å². The van der Waals surface area contributed by atoms with Crippen molar-refractivity contribution in [1.29, 1.82) is 0 Å². The van der Waals surface area contributed by atoms with Gasteiger partial charge >= 0.3 is 0 Å². The number of carbonyl (C=O) groups is 1. The molecule has 1 atom stereocenters. The van der Waals surface area contributed by atoms with Crippen LogP contribution >= 0.6 is 0 Å². The van der Waals surface area contributed by atoms with Crippen LogP contribution in [0.3, 0.4) is 0 Å². The average molecular weight is 260 g/mol. The lowest BCUT2D eigenvalue weighted by Gasteiger charge is -2.11. The van der Waals surface area contributed by atoms with Crippen LogP contribution in [0.5, 0.6) is 0 Å². The Morgan fingerprint density at radius 3 is 2.79 bits per heavy atom. The molecule has 0 spiro atoms. The highest BCUT2D eigenvalue weighted by molar-refractivity contribution is 5.89. The third-order valence-corrected chi connectivity index (χ3v) is 2.55. The number of aliphatic hydroxyl groups excluding tert-OH is 1. The Morgan fingerprint density at radius 2 is 2.11 bits per heavy atom. The van der Waals surface area contributed by atoms with E-state index in [1.165, 1.54) is 13.2 Å². The Morgan fingerprint density at radius 1 is 1.32 bits per heavy atom. The predicted molar refractivity (Wildman–Crippen MR) is 72.9 cm³/mol. The van der Waals surface area contributed by atoms with Crippen LogP contribution in [-0.4, -0.2) is 17.6 Å². The fraction of sp³-hybridized carbons (Fsp3) is 0.214. The van der Waals surface area contributed by atoms with Crippen molar-refractivity contribution < 1.29 is 14.3 Å². The Labute approximate surface area is 111 Å². The summed E-state index contributed by atoms with van der Waals surface area (Å²) in [6.45, 7) is 1.79. The number of carbonyl (C=O) groups excluding carboxylic acids is 1. The minimum atomic E-state index is -0.709. The van der Waals surface area contributed by atoms with Gasteiger partial charge in [0.1, 0.15) is 11.9 Å². The maximum absolute atomic E-state index is 11.0. The number of nitrogens with one attached hydrogen (secondary N) is 2. The molecule has 1 heterocycles. The highest BCUT2D eigenvalue weighted by atomic mass is 16.4. The van der Waals surface area contributed by atoms with Crippen molar-refractivity contribution in [1.82, 2.24) is 0 Å². The van der Waals surface area contributed by atoms with E-state index in [2.05, 4.69) is 10.6 Å². The van der Waals surface area contributed by atoms with Crippen LogP contribution in [0.15, 0.2) is 47.1 Å². The van der Waals surface area contributed by atoms with E-state index >= 15 is 0 Å². The summed E-state index contributed by atoms with van der Waals surface area (Å²) in [5.74, 6) is 0.401. The van der Waals surface area contributed by atoms with E-state index < -0.39 is 6.10 Å². The maximum atomic E-state index is 11.0. The summed E-state index contributed by atoms with van der Waals surface area (Å²) in [5.41, 5.74) is 1.53. The molecule has 0 aliphatic carbocycles. The second-order valence-electron chi connectivity index (χ2n) is 4.17. The van der Waals surface area contributed by atoms with Crippen LogP contribution in [0.1, 0.15) is 18.8 Å². The van der Waals surface area contributed by atoms with E-state index in [0.29, 0.717) is 18.0 Å². The van der Waals surface area contributed by atoms with E-state index in [4.69, 9.17) is 4.42 Å². The van der Waals surface area contributed by atoms with Crippen molar-refractivity contribution in [3.8, 4) is 0 Å². The summed E-state index contributed by atoms with van der Waals surface area (Å²) in [5, 5.41) is 15.6. The minimum Gasteiger partial charge on any atom is -0.467 e. The first-order chi connectivity index (χ1) is 9.15. The number of amides is 1. The molecule has 100 valence electrons. The monoisotopic (exact) mass is 260 g/mol. The zero-order valence-corrected chi connectivity index (χ0v) is 10.6. The van der Waals surface area contributed by atoms with Crippen molar-refractivity contribution in [3.05, 3.63) is 48.4 Å². The SMILES string of the molecule is CC(=O)Nc1cccc(NCC(O)c2ccco2)c1. The largest absolute Gasteiger partial charge is 0.467 e. The number of hydrogen-bond acceptors (Lipinski definition) is 4. The molecule has 2 aromatic rings. The second-order valence-corrected chi connectivity index (χ2v) is 4.17. The molecule has 0 saturated carbocycles. The molecule has 1 unspecified atom stereocenters. The molecule has 19 heavy (non-hydrogen) atoms. The van der Waals surface area contributed by atoms with Crippen molar-refractivity contribution in [2.45, 2.75) is 13.0 Å². The molecule has 2 rings (SSSR count). The van der Waals surface area contributed by atoms with Gasteiger partial charge in [-0.05, 0) is 30.3 Å². The number of benzene rings is 1. The molecule has 5 heteroatoms. The summed E-state index contributed by atoms with van der Waals surface area (Å²) < 4.78 is 5.11. The highest BCUT2D eigenvalue weighted by Crippen LogP contribution is 2.18. The summed E-state index contributed by atoms with van der Waals surface area (Å²) in [4.78, 5) is 11.0. The third-order valence-electron chi connectivity index (χ3n) is 2.55. The van der Waals surface area contributed by atoms with Gasteiger partial charge in [-0.2, -0.15) is 0 Å². The van der Waals surface area contributed by atoms with Gasteiger partial charge in [0.25, 0.3) is 0 Å². The van der Waals surface area contributed by atoms with Gasteiger partial charge in [-0.3, -0.25) is 4.79 Å². The molecule has 0 fully saturated rings. The standard InChI is InChI=1S/C14H16N2O3/c1-10(17)16-12-5-2-4-11(8-12)15-9-13(18)14-6-3-7-19-14/h2-8,13,15,18H,9H2,1H3,(H,16,17). The molecule has 0 bridgehead atoms. The van der Waals surface area contributed by atoms with Crippen molar-refractivity contribution in [2.75, 3.05) is 17.2 Å². The van der Waals surface area contributed by atoms with Crippen molar-refractivity contribution in [3.63, 3.8) is 0 Å². The molecule has 0 radical (unpaired) electrons. The lowest BCUT2D eigenvalue weighted by molar-refractivity contribution is -0.114. The zero-order chi connectivity index (χ0) is 13.7. The second kappa shape index (κ2) is 6.06. The van der Waals surface area contributed by atoms with Crippen LogP contribution in [0.4, 0.5) is 11.4 Å². The van der Waals surface area contributed by atoms with Crippen molar-refractivity contribution >= 4 is 17.3 Å². The van der Waals surface area contributed by atoms with E-state index in [9.17, 15) is 9.90 Å². The molecule has 1 amide bonds. The summed E-state index contributed by atoms with van der Waals surface area (Å²) >= 11 is 0. The molecule has 5 nitrogen and oxygen atoms in total. The predicted octanol–water partition coefficient (Wildman–Crippen LogP) is 2.38. The molecular formula is C14H16N2O3. The number of anilines is 2. The van der Waals surface area contributed by atoms with Crippen LogP contribution in [0.2, 0.25) is 0 Å². The highest BCUT2D eigenvalue weighted by Gasteiger charge is 2.09. The number of aliphatic hydroxyl groups is 1. The fourth-order valence-electron chi connectivity index (χ4n) is 1.71. The van der Waals surface area contributed by atoms with E-state index in [-0.39, 0.29) is 5.91 Å². The average Bonchev–Trinajstić information content (AvgIpc) is 2.89. The van der Waals surface area contributed by atoms with Crippen molar-refractivity contribution in [2.24, 2.45) is 0 Å².